The molecule has 0 amide bonds. The Labute approximate surface area is 78.0 Å². The molecule has 1 rings (SSSR count). The number of aromatic amines is 1. The maximum absolute atomic E-state index is 11.8. The fourth-order valence-electron chi connectivity index (χ4n) is 1.02. The van der Waals surface area contributed by atoms with Crippen LogP contribution in [0.1, 0.15) is 17.9 Å². The Hall–Kier alpha value is -1.33. The molecule has 1 heterocycles. The lowest BCUT2D eigenvalue weighted by molar-refractivity contribution is -0.134. The van der Waals surface area contributed by atoms with Crippen molar-refractivity contribution in [1.29, 1.82) is 0 Å². The monoisotopic (exact) mass is 206 g/mol. The van der Waals surface area contributed by atoms with Gasteiger partial charge in [0.15, 0.2) is 0 Å². The summed E-state index contributed by atoms with van der Waals surface area (Å²) in [5.74, 6) is 0.0762. The molecule has 0 spiro atoms. The fourth-order valence-corrected chi connectivity index (χ4v) is 1.02. The second-order valence-corrected chi connectivity index (χ2v) is 2.95. The van der Waals surface area contributed by atoms with E-state index in [1.807, 2.05) is 0 Å². The molecule has 1 aromatic heterocycles. The predicted molar refractivity (Wildman–Crippen MR) is 44.0 cm³/mol. The third-order valence-electron chi connectivity index (χ3n) is 1.56. The molecule has 0 bridgehead atoms. The van der Waals surface area contributed by atoms with E-state index in [-0.39, 0.29) is 12.2 Å². The standard InChI is InChI=1S/C8H9F3N2O/c1-5-4-7(14)13-6(12-5)2-3-8(9,10)11/h4H,2-3H2,1H3,(H,12,13,14). The lowest BCUT2D eigenvalue weighted by Gasteiger charge is -2.05. The van der Waals surface area contributed by atoms with Crippen molar-refractivity contribution in [3.8, 4) is 0 Å². The summed E-state index contributed by atoms with van der Waals surface area (Å²) in [4.78, 5) is 16.9. The highest BCUT2D eigenvalue weighted by molar-refractivity contribution is 5.00. The number of nitrogens with zero attached hydrogens (tertiary/aromatic N) is 1. The van der Waals surface area contributed by atoms with Crippen molar-refractivity contribution in [2.45, 2.75) is 25.9 Å². The summed E-state index contributed by atoms with van der Waals surface area (Å²) in [6, 6.07) is 1.23. The van der Waals surface area contributed by atoms with Gasteiger partial charge in [-0.1, -0.05) is 0 Å². The van der Waals surface area contributed by atoms with Gasteiger partial charge in [0, 0.05) is 18.2 Å². The molecule has 3 nitrogen and oxygen atoms in total. The molecule has 14 heavy (non-hydrogen) atoms. The second kappa shape index (κ2) is 3.81. The van der Waals surface area contributed by atoms with E-state index >= 15 is 0 Å². The van der Waals surface area contributed by atoms with Gasteiger partial charge in [-0.25, -0.2) is 4.98 Å². The first-order valence-corrected chi connectivity index (χ1v) is 4.00. The van der Waals surface area contributed by atoms with Crippen molar-refractivity contribution < 1.29 is 13.2 Å². The third-order valence-corrected chi connectivity index (χ3v) is 1.56. The molecule has 0 saturated heterocycles. The van der Waals surface area contributed by atoms with Gasteiger partial charge < -0.3 is 4.98 Å². The zero-order chi connectivity index (χ0) is 10.8. The Balaban J connectivity index is 2.73. The van der Waals surface area contributed by atoms with Gasteiger partial charge in [-0.05, 0) is 6.92 Å². The molecule has 0 radical (unpaired) electrons. The van der Waals surface area contributed by atoms with Crippen LogP contribution in [0.15, 0.2) is 10.9 Å². The van der Waals surface area contributed by atoms with Gasteiger partial charge in [-0.15, -0.1) is 0 Å². The van der Waals surface area contributed by atoms with Gasteiger partial charge in [-0.3, -0.25) is 4.79 Å². The summed E-state index contributed by atoms with van der Waals surface area (Å²) >= 11 is 0. The summed E-state index contributed by atoms with van der Waals surface area (Å²) in [7, 11) is 0. The maximum atomic E-state index is 11.8. The highest BCUT2D eigenvalue weighted by Crippen LogP contribution is 2.20. The van der Waals surface area contributed by atoms with Gasteiger partial charge in [-0.2, -0.15) is 13.2 Å². The highest BCUT2D eigenvalue weighted by atomic mass is 19.4. The smallest absolute Gasteiger partial charge is 0.311 e. The van der Waals surface area contributed by atoms with Gasteiger partial charge in [0.2, 0.25) is 0 Å². The molecule has 1 aromatic rings. The van der Waals surface area contributed by atoms with Gasteiger partial charge in [0.1, 0.15) is 5.82 Å². The molecule has 0 aromatic carbocycles. The number of H-pyrrole nitrogens is 1. The van der Waals surface area contributed by atoms with Crippen molar-refractivity contribution >= 4 is 0 Å². The number of aromatic nitrogens is 2. The maximum Gasteiger partial charge on any atom is 0.389 e. The molecule has 0 aliphatic rings. The third kappa shape index (κ3) is 3.59. The van der Waals surface area contributed by atoms with E-state index < -0.39 is 18.2 Å². The molecule has 1 N–H and O–H groups in total. The van der Waals surface area contributed by atoms with Crippen LogP contribution >= 0.6 is 0 Å². The molecule has 0 unspecified atom stereocenters. The van der Waals surface area contributed by atoms with Crippen molar-refractivity contribution in [2.75, 3.05) is 0 Å². The fraction of sp³-hybridized carbons (Fsp3) is 0.500. The largest absolute Gasteiger partial charge is 0.389 e. The minimum Gasteiger partial charge on any atom is -0.311 e. The van der Waals surface area contributed by atoms with Crippen molar-refractivity contribution in [3.63, 3.8) is 0 Å². The van der Waals surface area contributed by atoms with Crippen LogP contribution in [0.5, 0.6) is 0 Å². The minimum absolute atomic E-state index is 0.0762. The second-order valence-electron chi connectivity index (χ2n) is 2.95. The Morgan fingerprint density at radius 1 is 1.50 bits per heavy atom. The van der Waals surface area contributed by atoms with Gasteiger partial charge in [0.25, 0.3) is 5.56 Å². The topological polar surface area (TPSA) is 45.8 Å². The highest BCUT2D eigenvalue weighted by Gasteiger charge is 2.26. The van der Waals surface area contributed by atoms with Crippen LogP contribution in [0, 0.1) is 6.92 Å². The quantitative estimate of drug-likeness (QED) is 0.798. The van der Waals surface area contributed by atoms with E-state index in [1.165, 1.54) is 6.07 Å². The lowest BCUT2D eigenvalue weighted by Crippen LogP contribution is -2.15. The predicted octanol–water partition coefficient (Wildman–Crippen LogP) is 1.57. The van der Waals surface area contributed by atoms with Crippen LogP contribution in [0.3, 0.4) is 0 Å². The van der Waals surface area contributed by atoms with Crippen LogP contribution < -0.4 is 5.56 Å². The summed E-state index contributed by atoms with van der Waals surface area (Å²) in [6.45, 7) is 1.56. The van der Waals surface area contributed by atoms with Crippen molar-refractivity contribution in [2.24, 2.45) is 0 Å². The number of aryl methyl sites for hydroxylation is 2. The summed E-state index contributed by atoms with van der Waals surface area (Å²) in [5, 5.41) is 0. The molecular formula is C8H9F3N2O. The first kappa shape index (κ1) is 10.7. The minimum atomic E-state index is -4.22. The molecule has 0 atom stereocenters. The molecule has 0 aliphatic carbocycles. The zero-order valence-electron chi connectivity index (χ0n) is 7.48. The molecule has 0 saturated carbocycles. The Kier molecular flexibility index (Phi) is 2.93. The Morgan fingerprint density at radius 2 is 2.14 bits per heavy atom. The summed E-state index contributed by atoms with van der Waals surface area (Å²) in [6.07, 6.45) is -5.48. The van der Waals surface area contributed by atoms with Crippen molar-refractivity contribution in [3.05, 3.63) is 27.9 Å². The van der Waals surface area contributed by atoms with E-state index in [4.69, 9.17) is 0 Å². The van der Waals surface area contributed by atoms with Crippen LogP contribution in [0.25, 0.3) is 0 Å². The number of hydrogen-bond acceptors (Lipinski definition) is 2. The molecular weight excluding hydrogens is 197 g/mol. The first-order valence-electron chi connectivity index (χ1n) is 4.00. The van der Waals surface area contributed by atoms with Gasteiger partial charge >= 0.3 is 6.18 Å². The van der Waals surface area contributed by atoms with E-state index in [0.29, 0.717) is 5.69 Å². The number of halogens is 3. The first-order chi connectivity index (χ1) is 6.37. The van der Waals surface area contributed by atoms with Crippen molar-refractivity contribution in [1.82, 2.24) is 9.97 Å². The summed E-state index contributed by atoms with van der Waals surface area (Å²) in [5.41, 5.74) is 0.000555. The van der Waals surface area contributed by atoms with E-state index in [1.54, 1.807) is 6.92 Å². The Bertz CT molecular complexity index is 370. The lowest BCUT2D eigenvalue weighted by atomic mass is 10.3. The molecule has 0 fully saturated rings. The van der Waals surface area contributed by atoms with Crippen LogP contribution in [-0.2, 0) is 6.42 Å². The normalized spacial score (nSPS) is 11.7. The van der Waals surface area contributed by atoms with Gasteiger partial charge in [0.05, 0.1) is 6.42 Å². The molecule has 0 aliphatic heterocycles. The SMILES string of the molecule is Cc1cc(=O)[nH]c(CCC(F)(F)F)n1. The van der Waals surface area contributed by atoms with Crippen LogP contribution in [-0.4, -0.2) is 16.1 Å². The number of hydrogen-bond donors (Lipinski definition) is 1. The summed E-state index contributed by atoms with van der Waals surface area (Å²) < 4.78 is 35.5. The van der Waals surface area contributed by atoms with Crippen LogP contribution in [0.2, 0.25) is 0 Å². The van der Waals surface area contributed by atoms with E-state index in [0.717, 1.165) is 0 Å². The molecule has 6 heteroatoms. The average molecular weight is 206 g/mol. The number of alkyl halides is 3. The average Bonchev–Trinajstić information content (AvgIpc) is 1.97. The van der Waals surface area contributed by atoms with E-state index in [9.17, 15) is 18.0 Å². The number of rotatable bonds is 2. The van der Waals surface area contributed by atoms with Crippen LogP contribution in [0.4, 0.5) is 13.2 Å². The molecule has 78 valence electrons. The number of nitrogens with one attached hydrogen (secondary N) is 1. The zero-order valence-corrected chi connectivity index (χ0v) is 7.48. The Morgan fingerprint density at radius 3 is 2.64 bits per heavy atom. The van der Waals surface area contributed by atoms with E-state index in [2.05, 4.69) is 9.97 Å².